The van der Waals surface area contributed by atoms with Crippen LogP contribution in [0.25, 0.3) is 11.2 Å². The highest BCUT2D eigenvalue weighted by Crippen LogP contribution is 2.50. The molecule has 582 valence electrons. The maximum absolute atomic E-state index is 14.0. The standard InChI is InChI=1S/C66H114N10O24P2/c1-93-101(89,90)98-44-56-55(41-62(99-56)76-49-73-63-64(67)71-48-72-65(63)76)100-102(91,92)97-43-50-40-54(83)42-75(50)61(88)27-7-5-3-2-4-6-26-60(87)74-66(45-94-37-28-53(82)22-10-16-31-68-57(84)25-13-19-36-79,46-95-38-29-58(85)69-32-14-8-20-51(80)23-11-17-34-77)47-96-39-30-59(86)70-33-15-9-21-52(81)24-12-18-35-78/h48-50,54-56,62,77-79,83H,2-47H2,1H3,(H,68,84)(H,69,85)(H,70,86)(H,74,87)(H,89,90)(H,91,92)(H2,67,71,72)/t50-,54+,55-,56+,62+/m0/s1. The third-order valence-electron chi connectivity index (χ3n) is 17.1. The fraction of sp³-hybridized carbons (Fsp3) is 0.803. The second-order valence-corrected chi connectivity index (χ2v) is 28.8. The number of anilines is 1. The highest BCUT2D eigenvalue weighted by molar-refractivity contribution is 7.47. The zero-order chi connectivity index (χ0) is 74.4. The van der Waals surface area contributed by atoms with Gasteiger partial charge in [0, 0.05) is 130 Å². The fourth-order valence-corrected chi connectivity index (χ4v) is 12.8. The van der Waals surface area contributed by atoms with Crippen molar-refractivity contribution in [3.63, 3.8) is 0 Å². The molecule has 0 bridgehead atoms. The second kappa shape index (κ2) is 50.9. The maximum atomic E-state index is 14.0. The van der Waals surface area contributed by atoms with E-state index in [0.717, 1.165) is 7.11 Å². The van der Waals surface area contributed by atoms with Gasteiger partial charge in [0.1, 0.15) is 53.2 Å². The number of fused-ring (bicyclic) bond motifs is 1. The number of hydrogen-bond acceptors (Lipinski definition) is 26. The molecule has 2 aromatic rings. The van der Waals surface area contributed by atoms with Crippen molar-refractivity contribution in [1.29, 1.82) is 0 Å². The lowest BCUT2D eigenvalue weighted by Crippen LogP contribution is -2.58. The number of rotatable bonds is 62. The molecule has 0 aromatic carbocycles. The number of nitrogens with two attached hydrogens (primary N) is 1. The van der Waals surface area contributed by atoms with Crippen molar-refractivity contribution in [2.75, 3.05) is 112 Å². The van der Waals surface area contributed by atoms with Crippen LogP contribution in [0.1, 0.15) is 205 Å². The number of carbonyl (C=O) groups excluding carboxylic acids is 8. The second-order valence-electron chi connectivity index (χ2n) is 25.8. The topological polar surface area (TPSA) is 487 Å². The number of hydrogen-bond donors (Lipinski definition) is 11. The van der Waals surface area contributed by atoms with E-state index in [2.05, 4.69) is 40.7 Å². The Morgan fingerprint density at radius 2 is 1.03 bits per heavy atom. The fourth-order valence-electron chi connectivity index (χ4n) is 11.4. The van der Waals surface area contributed by atoms with Crippen LogP contribution in [0.2, 0.25) is 0 Å². The van der Waals surface area contributed by atoms with Crippen LogP contribution in [-0.4, -0.2) is 237 Å². The number of nitrogen functional groups attached to an aromatic ring is 1. The number of aliphatic hydroxyl groups excluding tert-OH is 4. The zero-order valence-corrected chi connectivity index (χ0v) is 61.1. The number of likely N-dealkylation sites (tertiary alicyclic amines) is 1. The van der Waals surface area contributed by atoms with Gasteiger partial charge in [-0.1, -0.05) is 25.7 Å². The molecule has 5 amide bonds. The van der Waals surface area contributed by atoms with Crippen molar-refractivity contribution in [1.82, 2.24) is 45.7 Å². The smallest absolute Gasteiger partial charge is 0.396 e. The summed E-state index contributed by atoms with van der Waals surface area (Å²) < 4.78 is 72.1. The summed E-state index contributed by atoms with van der Waals surface area (Å²) in [4.78, 5) is 137. The van der Waals surface area contributed by atoms with Crippen molar-refractivity contribution in [3.05, 3.63) is 12.7 Å². The van der Waals surface area contributed by atoms with E-state index in [4.69, 9.17) is 53.6 Å². The third-order valence-corrected chi connectivity index (χ3v) is 19.1. The third kappa shape index (κ3) is 37.5. The van der Waals surface area contributed by atoms with Crippen LogP contribution >= 0.6 is 15.6 Å². The van der Waals surface area contributed by atoms with Crippen LogP contribution in [0.15, 0.2) is 12.7 Å². The minimum atomic E-state index is -4.95. The molecule has 2 saturated heterocycles. The average Bonchev–Trinajstić information content (AvgIpc) is 1.63. The minimum absolute atomic E-state index is 0.0114. The molecule has 34 nitrogen and oxygen atoms in total. The van der Waals surface area contributed by atoms with Crippen LogP contribution in [0.5, 0.6) is 0 Å². The lowest BCUT2D eigenvalue weighted by Gasteiger charge is -2.34. The summed E-state index contributed by atoms with van der Waals surface area (Å²) >= 11 is 0. The molecule has 0 saturated carbocycles. The number of phosphoric ester groups is 2. The number of carbonyl (C=O) groups is 8. The normalized spacial score (nSPS) is 18.1. The van der Waals surface area contributed by atoms with E-state index in [1.54, 1.807) is 0 Å². The lowest BCUT2D eigenvalue weighted by molar-refractivity contribution is -0.133. The Labute approximate surface area is 597 Å². The van der Waals surface area contributed by atoms with Gasteiger partial charge in [0.05, 0.1) is 71.3 Å². The van der Waals surface area contributed by atoms with Gasteiger partial charge in [-0.25, -0.2) is 24.1 Å². The average molecular weight is 1490 g/mol. The number of unbranched alkanes of at least 4 members (excludes halogenated alkanes) is 11. The molecule has 12 N–H and O–H groups in total. The Kier molecular flexibility index (Phi) is 44.5. The number of nitrogens with one attached hydrogen (secondary N) is 4. The SMILES string of the molecule is COP(=O)(O)OC[C@H]1O[C@@H](n2cnc3c(N)ncnc32)C[C@@H]1OP(=O)(O)OC[C@@H]1C[C@@H](O)CN1C(=O)CCCCCCCCC(=O)NC(COCCC(=O)CCCCNC(=O)CCCCO)(COCCC(=O)NCCCCC(=O)CCCCO)COCCC(=O)NCCCCC(=O)CCCCO. The zero-order valence-electron chi connectivity index (χ0n) is 59.3. The summed E-state index contributed by atoms with van der Waals surface area (Å²) in [6.07, 6.45) is 11.2. The summed E-state index contributed by atoms with van der Waals surface area (Å²) in [5, 5.41) is 49.1. The molecule has 0 radical (unpaired) electrons. The van der Waals surface area contributed by atoms with E-state index in [-0.39, 0.29) is 181 Å². The number of phosphoric acid groups is 2. The monoisotopic (exact) mass is 1490 g/mol. The van der Waals surface area contributed by atoms with Gasteiger partial charge >= 0.3 is 15.6 Å². The number of amides is 5. The van der Waals surface area contributed by atoms with Crippen LogP contribution in [0.3, 0.4) is 0 Å². The van der Waals surface area contributed by atoms with Crippen molar-refractivity contribution in [2.24, 2.45) is 0 Å². The van der Waals surface area contributed by atoms with E-state index in [1.807, 2.05) is 0 Å². The molecular weight excluding hydrogens is 1380 g/mol. The van der Waals surface area contributed by atoms with Crippen molar-refractivity contribution in [3.8, 4) is 0 Å². The van der Waals surface area contributed by atoms with Gasteiger partial charge in [-0.3, -0.25) is 61.0 Å². The molecule has 36 heteroatoms. The van der Waals surface area contributed by atoms with E-state index >= 15 is 0 Å². The van der Waals surface area contributed by atoms with Gasteiger partial charge in [-0.05, 0) is 96.3 Å². The highest BCUT2D eigenvalue weighted by Gasteiger charge is 2.45. The van der Waals surface area contributed by atoms with Crippen LogP contribution in [0, 0.1) is 0 Å². The Balaban J connectivity index is 1.31. The van der Waals surface area contributed by atoms with Crippen molar-refractivity contribution in [2.45, 2.75) is 235 Å². The maximum Gasteiger partial charge on any atom is 0.472 e. The van der Waals surface area contributed by atoms with Crippen LogP contribution in [-0.2, 0) is 84.5 Å². The lowest BCUT2D eigenvalue weighted by atomic mass is 10.0. The number of nitrogens with zero attached hydrogens (tertiary/aromatic N) is 5. The van der Waals surface area contributed by atoms with Gasteiger partial charge in [0.2, 0.25) is 29.5 Å². The summed E-state index contributed by atoms with van der Waals surface area (Å²) in [6, 6.07) is -0.784. The van der Waals surface area contributed by atoms with Gasteiger partial charge in [-0.15, -0.1) is 0 Å². The first-order valence-corrected chi connectivity index (χ1v) is 39.0. The van der Waals surface area contributed by atoms with Crippen LogP contribution < -0.4 is 27.0 Å². The summed E-state index contributed by atoms with van der Waals surface area (Å²) in [7, 11) is -8.51. The highest BCUT2D eigenvalue weighted by atomic mass is 31.2. The summed E-state index contributed by atoms with van der Waals surface area (Å²) in [5.74, 6) is -1.12. The summed E-state index contributed by atoms with van der Waals surface area (Å²) in [6.45, 7) is -0.575. The Morgan fingerprint density at radius 3 is 1.57 bits per heavy atom. The van der Waals surface area contributed by atoms with Crippen LogP contribution in [0.4, 0.5) is 5.82 Å². The quantitative estimate of drug-likeness (QED) is 0.0327. The Hall–Kier alpha value is -5.39. The van der Waals surface area contributed by atoms with E-state index in [9.17, 15) is 62.4 Å². The Morgan fingerprint density at radius 1 is 0.569 bits per heavy atom. The van der Waals surface area contributed by atoms with Gasteiger partial charge < -0.3 is 81.1 Å². The van der Waals surface area contributed by atoms with E-state index in [1.165, 1.54) is 22.1 Å². The van der Waals surface area contributed by atoms with Gasteiger partial charge in [-0.2, -0.15) is 0 Å². The minimum Gasteiger partial charge on any atom is -0.396 e. The number of Topliss-reactive ketones (excluding diaryl/α,β-unsaturated/α-hetero) is 3. The first-order valence-electron chi connectivity index (χ1n) is 36.0. The van der Waals surface area contributed by atoms with E-state index < -0.39 is 65.0 Å². The molecule has 4 heterocycles. The molecule has 0 spiro atoms. The predicted octanol–water partition coefficient (Wildman–Crippen LogP) is 4.17. The van der Waals surface area contributed by atoms with Gasteiger partial charge in [0.25, 0.3) is 0 Å². The number of aromatic nitrogens is 4. The number of β-amino-alcohol motifs (C(OH)–C–C–N with tert-alkyl or cyclic N) is 1. The molecule has 2 fully saturated rings. The molecule has 4 rings (SSSR count). The number of ketones is 3. The molecule has 102 heavy (non-hydrogen) atoms. The molecule has 2 aliphatic heterocycles. The van der Waals surface area contributed by atoms with E-state index in [0.29, 0.717) is 167 Å². The first kappa shape index (κ1) is 89.0. The largest absolute Gasteiger partial charge is 0.472 e. The molecule has 7 atom stereocenters. The van der Waals surface area contributed by atoms with Crippen molar-refractivity contribution < 1.29 is 115 Å². The Bertz CT molecular complexity index is 2790. The predicted molar refractivity (Wildman–Crippen MR) is 370 cm³/mol. The number of imidazole rings is 1. The first-order chi connectivity index (χ1) is 49.0. The number of ether oxygens (including phenoxy) is 4. The van der Waals surface area contributed by atoms with Gasteiger partial charge in [0.15, 0.2) is 11.5 Å². The molecular formula is C66H114N10O24P2. The molecule has 2 aromatic heterocycles. The number of aliphatic hydroxyl groups is 4. The molecule has 2 unspecified atom stereocenters. The molecule has 2 aliphatic rings. The summed E-state index contributed by atoms with van der Waals surface area (Å²) in [5.41, 5.74) is 5.14. The van der Waals surface area contributed by atoms with Crippen molar-refractivity contribution >= 4 is 79.5 Å². The molecule has 0 aliphatic carbocycles.